The molecule has 0 fully saturated rings. The van der Waals surface area contributed by atoms with E-state index in [-0.39, 0.29) is 0 Å². The normalized spacial score (nSPS) is 10.4. The maximum absolute atomic E-state index is 6.13. The molecule has 6 nitrogen and oxygen atoms in total. The highest BCUT2D eigenvalue weighted by Gasteiger charge is 2.12. The summed E-state index contributed by atoms with van der Waals surface area (Å²) in [6, 6.07) is 5.29. The molecule has 0 radical (unpaired) electrons. The Morgan fingerprint density at radius 1 is 1.21 bits per heavy atom. The smallest absolute Gasteiger partial charge is 0.227 e. The summed E-state index contributed by atoms with van der Waals surface area (Å²) in [5.41, 5.74) is 0.722. The molecule has 0 bridgehead atoms. The molecule has 7 heteroatoms. The molecule has 0 aliphatic rings. The van der Waals surface area contributed by atoms with Crippen molar-refractivity contribution in [3.05, 3.63) is 29.4 Å². The molecule has 1 aromatic heterocycles. The first-order valence-electron chi connectivity index (χ1n) is 7.81. The average molecular weight is 351 g/mol. The van der Waals surface area contributed by atoms with E-state index in [1.165, 1.54) is 0 Å². The molecule has 0 aliphatic heterocycles. The highest BCUT2D eigenvalue weighted by molar-refractivity contribution is 6.32. The molecule has 2 rings (SSSR count). The molecule has 2 aromatic rings. The molecule has 0 atom stereocenters. The van der Waals surface area contributed by atoms with Crippen LogP contribution in [-0.4, -0.2) is 37.8 Å². The van der Waals surface area contributed by atoms with Crippen LogP contribution in [0.25, 0.3) is 0 Å². The predicted octanol–water partition coefficient (Wildman–Crippen LogP) is 4.13. The third kappa shape index (κ3) is 4.41. The van der Waals surface area contributed by atoms with Gasteiger partial charge in [0.1, 0.15) is 17.3 Å². The van der Waals surface area contributed by atoms with Crippen LogP contribution >= 0.6 is 11.6 Å². The van der Waals surface area contributed by atoms with Crippen LogP contribution in [0.5, 0.6) is 11.5 Å². The fourth-order valence-corrected chi connectivity index (χ4v) is 2.42. The molecule has 1 heterocycles. The van der Waals surface area contributed by atoms with Gasteiger partial charge in [0, 0.05) is 31.9 Å². The molecule has 0 spiro atoms. The van der Waals surface area contributed by atoms with E-state index in [4.69, 9.17) is 21.1 Å². The molecule has 0 saturated heterocycles. The zero-order chi connectivity index (χ0) is 17.5. The van der Waals surface area contributed by atoms with Crippen LogP contribution in [0.15, 0.2) is 24.4 Å². The predicted molar refractivity (Wildman–Crippen MR) is 98.0 cm³/mol. The monoisotopic (exact) mass is 350 g/mol. The lowest BCUT2D eigenvalue weighted by atomic mass is 10.2. The lowest BCUT2D eigenvalue weighted by molar-refractivity contribution is 0.405. The molecule has 1 N–H and O–H groups in total. The number of unbranched alkanes of at least 4 members (excludes halogenated alkanes) is 1. The van der Waals surface area contributed by atoms with Crippen LogP contribution in [0, 0.1) is 0 Å². The van der Waals surface area contributed by atoms with Crippen LogP contribution in [-0.2, 0) is 0 Å². The van der Waals surface area contributed by atoms with E-state index in [2.05, 4.69) is 22.2 Å². The van der Waals surface area contributed by atoms with Gasteiger partial charge in [-0.25, -0.2) is 4.98 Å². The van der Waals surface area contributed by atoms with Gasteiger partial charge in [0.05, 0.1) is 24.9 Å². The van der Waals surface area contributed by atoms with E-state index in [0.29, 0.717) is 28.3 Å². The number of rotatable bonds is 8. The van der Waals surface area contributed by atoms with Crippen LogP contribution in [0.4, 0.5) is 17.5 Å². The lowest BCUT2D eigenvalue weighted by Gasteiger charge is -2.18. The fourth-order valence-electron chi connectivity index (χ4n) is 2.19. The van der Waals surface area contributed by atoms with Crippen molar-refractivity contribution in [1.29, 1.82) is 0 Å². The SMILES string of the molecule is CCCCN(C)c1nccc(Nc2cc(OC)c(Cl)cc2OC)n1. The quantitative estimate of drug-likeness (QED) is 0.772. The van der Waals surface area contributed by atoms with Crippen LogP contribution < -0.4 is 19.7 Å². The summed E-state index contributed by atoms with van der Waals surface area (Å²) >= 11 is 6.13. The third-order valence-corrected chi connectivity index (χ3v) is 3.86. The summed E-state index contributed by atoms with van der Waals surface area (Å²) in [6.07, 6.45) is 3.95. The van der Waals surface area contributed by atoms with Gasteiger partial charge in [-0.3, -0.25) is 0 Å². The number of ether oxygens (including phenoxy) is 2. The minimum Gasteiger partial charge on any atom is -0.495 e. The number of hydrogen-bond acceptors (Lipinski definition) is 6. The summed E-state index contributed by atoms with van der Waals surface area (Å²) < 4.78 is 10.6. The summed E-state index contributed by atoms with van der Waals surface area (Å²) in [7, 11) is 5.15. The zero-order valence-electron chi connectivity index (χ0n) is 14.5. The Labute approximate surface area is 147 Å². The Hall–Kier alpha value is -2.21. The van der Waals surface area contributed by atoms with E-state index in [9.17, 15) is 0 Å². The molecule has 0 aliphatic carbocycles. The highest BCUT2D eigenvalue weighted by Crippen LogP contribution is 2.37. The third-order valence-electron chi connectivity index (χ3n) is 3.57. The molecule has 0 unspecified atom stereocenters. The van der Waals surface area contributed by atoms with Crippen LogP contribution in [0.3, 0.4) is 0 Å². The number of anilines is 3. The van der Waals surface area contributed by atoms with E-state index in [1.807, 2.05) is 11.9 Å². The summed E-state index contributed by atoms with van der Waals surface area (Å²) in [5, 5.41) is 3.72. The van der Waals surface area contributed by atoms with Crippen molar-refractivity contribution in [3.63, 3.8) is 0 Å². The number of methoxy groups -OCH3 is 2. The van der Waals surface area contributed by atoms with Crippen molar-refractivity contribution < 1.29 is 9.47 Å². The first-order valence-corrected chi connectivity index (χ1v) is 8.19. The van der Waals surface area contributed by atoms with Gasteiger partial charge in [0.25, 0.3) is 0 Å². The Kier molecular flexibility index (Phi) is 6.49. The fraction of sp³-hybridized carbons (Fsp3) is 0.412. The zero-order valence-corrected chi connectivity index (χ0v) is 15.2. The second-order valence-electron chi connectivity index (χ2n) is 5.33. The van der Waals surface area contributed by atoms with E-state index in [1.54, 1.807) is 38.6 Å². The molecular formula is C17H23ClN4O2. The second kappa shape index (κ2) is 8.59. The van der Waals surface area contributed by atoms with Crippen LogP contribution in [0.1, 0.15) is 19.8 Å². The largest absolute Gasteiger partial charge is 0.495 e. The minimum absolute atomic E-state index is 0.488. The molecule has 1 aromatic carbocycles. The summed E-state index contributed by atoms with van der Waals surface area (Å²) in [4.78, 5) is 10.9. The average Bonchev–Trinajstić information content (AvgIpc) is 2.60. The molecule has 24 heavy (non-hydrogen) atoms. The van der Waals surface area contributed by atoms with Crippen molar-refractivity contribution in [2.24, 2.45) is 0 Å². The van der Waals surface area contributed by atoms with Gasteiger partial charge in [0.15, 0.2) is 0 Å². The Morgan fingerprint density at radius 2 is 1.96 bits per heavy atom. The number of benzene rings is 1. The van der Waals surface area contributed by atoms with Crippen molar-refractivity contribution >= 4 is 29.1 Å². The Morgan fingerprint density at radius 3 is 2.62 bits per heavy atom. The Balaban J connectivity index is 2.25. The summed E-state index contributed by atoms with van der Waals surface area (Å²) in [6.45, 7) is 3.07. The van der Waals surface area contributed by atoms with E-state index < -0.39 is 0 Å². The van der Waals surface area contributed by atoms with Gasteiger partial charge in [-0.15, -0.1) is 0 Å². The number of nitrogens with zero attached hydrogens (tertiary/aromatic N) is 3. The van der Waals surface area contributed by atoms with Crippen molar-refractivity contribution in [3.8, 4) is 11.5 Å². The van der Waals surface area contributed by atoms with Crippen molar-refractivity contribution in [2.75, 3.05) is 38.0 Å². The molecule has 0 saturated carbocycles. The number of nitrogens with one attached hydrogen (secondary N) is 1. The second-order valence-corrected chi connectivity index (χ2v) is 5.74. The first kappa shape index (κ1) is 18.1. The van der Waals surface area contributed by atoms with Crippen LogP contribution in [0.2, 0.25) is 5.02 Å². The summed E-state index contributed by atoms with van der Waals surface area (Å²) in [5.74, 6) is 2.52. The molecule has 0 amide bonds. The molecule has 130 valence electrons. The molecular weight excluding hydrogens is 328 g/mol. The topological polar surface area (TPSA) is 59.5 Å². The van der Waals surface area contributed by atoms with E-state index in [0.717, 1.165) is 25.1 Å². The Bertz CT molecular complexity index is 682. The first-order chi connectivity index (χ1) is 11.6. The van der Waals surface area contributed by atoms with Crippen molar-refractivity contribution in [2.45, 2.75) is 19.8 Å². The van der Waals surface area contributed by atoms with Gasteiger partial charge < -0.3 is 19.7 Å². The van der Waals surface area contributed by atoms with E-state index >= 15 is 0 Å². The highest BCUT2D eigenvalue weighted by atomic mass is 35.5. The van der Waals surface area contributed by atoms with Gasteiger partial charge >= 0.3 is 0 Å². The standard InChI is InChI=1S/C17H23ClN4O2/c1-5-6-9-22(2)17-19-8-7-16(21-17)20-13-11-14(23-3)12(18)10-15(13)24-4/h7-8,10-11H,5-6,9H2,1-4H3,(H,19,20,21). The van der Waals surface area contributed by atoms with Crippen molar-refractivity contribution in [1.82, 2.24) is 9.97 Å². The lowest BCUT2D eigenvalue weighted by Crippen LogP contribution is -2.21. The number of halogens is 1. The number of hydrogen-bond donors (Lipinski definition) is 1. The maximum Gasteiger partial charge on any atom is 0.227 e. The maximum atomic E-state index is 6.13. The van der Waals surface area contributed by atoms with Gasteiger partial charge in [-0.2, -0.15) is 4.98 Å². The van der Waals surface area contributed by atoms with Gasteiger partial charge in [-0.05, 0) is 12.5 Å². The van der Waals surface area contributed by atoms with Gasteiger partial charge in [0.2, 0.25) is 5.95 Å². The minimum atomic E-state index is 0.488. The van der Waals surface area contributed by atoms with Gasteiger partial charge in [-0.1, -0.05) is 24.9 Å². The number of aromatic nitrogens is 2.